The van der Waals surface area contributed by atoms with E-state index in [2.05, 4.69) is 21.4 Å². The molecule has 2 heterocycles. The smallest absolute Gasteiger partial charge is 0.167 e. The molecular weight excluding hydrogens is 373 g/mol. The topological polar surface area (TPSA) is 65.5 Å². The van der Waals surface area contributed by atoms with Gasteiger partial charge in [-0.1, -0.05) is 12.1 Å². The van der Waals surface area contributed by atoms with Crippen LogP contribution in [0.2, 0.25) is 0 Å². The number of nitrogens with one attached hydrogen (secondary N) is 1. The summed E-state index contributed by atoms with van der Waals surface area (Å²) in [4.78, 5) is 8.48. The summed E-state index contributed by atoms with van der Waals surface area (Å²) in [7, 11) is 1.44. The van der Waals surface area contributed by atoms with Crippen LogP contribution < -0.4 is 14.8 Å². The first kappa shape index (κ1) is 19.4. The molecule has 0 bridgehead atoms. The molecule has 0 spiro atoms. The average Bonchev–Trinajstić information content (AvgIpc) is 3.24. The number of rotatable bonds is 7. The summed E-state index contributed by atoms with van der Waals surface area (Å²) < 4.78 is 30.6. The van der Waals surface area contributed by atoms with Gasteiger partial charge in [-0.05, 0) is 31.0 Å². The first-order chi connectivity index (χ1) is 14.1. The number of halogens is 1. The molecule has 4 rings (SSSR count). The van der Waals surface area contributed by atoms with Gasteiger partial charge in [0.2, 0.25) is 0 Å². The standard InChI is InChI=1S/C22H24FN3O3/c1-14-3-4-16(20(7-14)29-12-15-5-6-28-11-15)10-24-22-17-8-21(27-2)18(23)9-19(17)25-13-26-22/h3-4,7-9,13,15H,5-6,10-12H2,1-2H3,(H,24,25,26). The zero-order chi connectivity index (χ0) is 20.2. The quantitative estimate of drug-likeness (QED) is 0.647. The largest absolute Gasteiger partial charge is 0.494 e. The fourth-order valence-corrected chi connectivity index (χ4v) is 3.40. The molecule has 3 aromatic rings. The third kappa shape index (κ3) is 4.40. The third-order valence-electron chi connectivity index (χ3n) is 5.08. The minimum Gasteiger partial charge on any atom is -0.494 e. The third-order valence-corrected chi connectivity index (χ3v) is 5.08. The van der Waals surface area contributed by atoms with Crippen LogP contribution >= 0.6 is 0 Å². The SMILES string of the molecule is COc1cc2c(NCc3ccc(C)cc3OCC3CCOC3)ncnc2cc1F. The van der Waals surface area contributed by atoms with Gasteiger partial charge >= 0.3 is 0 Å². The lowest BCUT2D eigenvalue weighted by atomic mass is 10.1. The zero-order valence-electron chi connectivity index (χ0n) is 16.6. The van der Waals surface area contributed by atoms with Crippen LogP contribution in [0.3, 0.4) is 0 Å². The highest BCUT2D eigenvalue weighted by Crippen LogP contribution is 2.29. The van der Waals surface area contributed by atoms with E-state index in [0.29, 0.717) is 35.8 Å². The second kappa shape index (κ2) is 8.61. The van der Waals surface area contributed by atoms with Gasteiger partial charge in [0.25, 0.3) is 0 Å². The second-order valence-electron chi connectivity index (χ2n) is 7.23. The normalized spacial score (nSPS) is 16.2. The van der Waals surface area contributed by atoms with Gasteiger partial charge < -0.3 is 19.5 Å². The Morgan fingerprint density at radius 2 is 2.10 bits per heavy atom. The minimum atomic E-state index is -0.449. The lowest BCUT2D eigenvalue weighted by Crippen LogP contribution is -2.13. The number of benzene rings is 2. The first-order valence-corrected chi connectivity index (χ1v) is 9.66. The number of anilines is 1. The van der Waals surface area contributed by atoms with Crippen molar-refractivity contribution in [1.82, 2.24) is 9.97 Å². The van der Waals surface area contributed by atoms with Crippen molar-refractivity contribution < 1.29 is 18.6 Å². The Kier molecular flexibility index (Phi) is 5.76. The summed E-state index contributed by atoms with van der Waals surface area (Å²) >= 11 is 0. The molecule has 6 nitrogen and oxygen atoms in total. The number of aryl methyl sites for hydroxylation is 1. The Balaban J connectivity index is 1.54. The number of fused-ring (bicyclic) bond motifs is 1. The van der Waals surface area contributed by atoms with E-state index in [1.165, 1.54) is 19.5 Å². The molecule has 1 N–H and O–H groups in total. The molecule has 0 amide bonds. The van der Waals surface area contributed by atoms with Gasteiger partial charge in [-0.15, -0.1) is 0 Å². The molecule has 1 aliphatic rings. The molecule has 1 aliphatic heterocycles. The Morgan fingerprint density at radius 1 is 1.21 bits per heavy atom. The number of aromatic nitrogens is 2. The van der Waals surface area contributed by atoms with Crippen molar-refractivity contribution in [2.45, 2.75) is 19.9 Å². The van der Waals surface area contributed by atoms with Crippen LogP contribution in [-0.4, -0.2) is 36.9 Å². The highest BCUT2D eigenvalue weighted by molar-refractivity contribution is 5.90. The number of hydrogen-bond donors (Lipinski definition) is 1. The van der Waals surface area contributed by atoms with Gasteiger partial charge in [-0.3, -0.25) is 0 Å². The van der Waals surface area contributed by atoms with Gasteiger partial charge in [-0.2, -0.15) is 0 Å². The fourth-order valence-electron chi connectivity index (χ4n) is 3.40. The van der Waals surface area contributed by atoms with E-state index in [0.717, 1.165) is 36.5 Å². The highest BCUT2D eigenvalue weighted by atomic mass is 19.1. The lowest BCUT2D eigenvalue weighted by molar-refractivity contribution is 0.167. The van der Waals surface area contributed by atoms with Gasteiger partial charge in [0.05, 0.1) is 25.8 Å². The molecule has 0 saturated carbocycles. The Labute approximate surface area is 169 Å². The molecule has 1 saturated heterocycles. The number of hydrogen-bond acceptors (Lipinski definition) is 6. The van der Waals surface area contributed by atoms with Crippen LogP contribution in [0, 0.1) is 18.7 Å². The summed E-state index contributed by atoms with van der Waals surface area (Å²) in [5, 5.41) is 4.03. The number of methoxy groups -OCH3 is 1. The summed E-state index contributed by atoms with van der Waals surface area (Å²) in [5.41, 5.74) is 2.68. The van der Waals surface area contributed by atoms with Gasteiger partial charge in [0, 0.05) is 36.1 Å². The number of nitrogens with zero attached hydrogens (tertiary/aromatic N) is 2. The molecule has 1 unspecified atom stereocenters. The van der Waals surface area contributed by atoms with Gasteiger partial charge in [0.1, 0.15) is 17.9 Å². The van der Waals surface area contributed by atoms with E-state index < -0.39 is 5.82 Å². The Bertz CT molecular complexity index is 1010. The van der Waals surface area contributed by atoms with Crippen LogP contribution in [0.5, 0.6) is 11.5 Å². The van der Waals surface area contributed by atoms with E-state index in [-0.39, 0.29) is 5.75 Å². The molecule has 0 aliphatic carbocycles. The van der Waals surface area contributed by atoms with Crippen molar-refractivity contribution in [3.8, 4) is 11.5 Å². The maximum atomic E-state index is 14.0. The zero-order valence-corrected chi connectivity index (χ0v) is 16.6. The molecule has 29 heavy (non-hydrogen) atoms. The maximum absolute atomic E-state index is 14.0. The minimum absolute atomic E-state index is 0.161. The molecule has 2 aromatic carbocycles. The fraction of sp³-hybridized carbons (Fsp3) is 0.364. The van der Waals surface area contributed by atoms with Gasteiger partial charge in [0.15, 0.2) is 11.6 Å². The summed E-state index contributed by atoms with van der Waals surface area (Å²) in [6.45, 7) is 4.76. The second-order valence-corrected chi connectivity index (χ2v) is 7.23. The molecular formula is C22H24FN3O3. The van der Waals surface area contributed by atoms with Crippen LogP contribution in [0.1, 0.15) is 17.5 Å². The van der Waals surface area contributed by atoms with Crippen LogP contribution in [0.15, 0.2) is 36.7 Å². The molecule has 1 atom stereocenters. The van der Waals surface area contributed by atoms with Crippen molar-refractivity contribution in [3.63, 3.8) is 0 Å². The van der Waals surface area contributed by atoms with Crippen LogP contribution in [0.25, 0.3) is 10.9 Å². The maximum Gasteiger partial charge on any atom is 0.167 e. The molecule has 1 fully saturated rings. The van der Waals surface area contributed by atoms with Crippen molar-refractivity contribution in [3.05, 3.63) is 53.6 Å². The highest BCUT2D eigenvalue weighted by Gasteiger charge is 2.17. The van der Waals surface area contributed by atoms with Crippen LogP contribution in [0.4, 0.5) is 10.2 Å². The Hall–Kier alpha value is -2.93. The predicted molar refractivity (Wildman–Crippen MR) is 109 cm³/mol. The monoisotopic (exact) mass is 397 g/mol. The lowest BCUT2D eigenvalue weighted by Gasteiger charge is -2.16. The van der Waals surface area contributed by atoms with E-state index >= 15 is 0 Å². The van der Waals surface area contributed by atoms with E-state index in [9.17, 15) is 4.39 Å². The van der Waals surface area contributed by atoms with E-state index in [1.54, 1.807) is 6.07 Å². The number of ether oxygens (including phenoxy) is 3. The summed E-state index contributed by atoms with van der Waals surface area (Å²) in [6, 6.07) is 9.11. The van der Waals surface area contributed by atoms with E-state index in [4.69, 9.17) is 14.2 Å². The molecule has 152 valence electrons. The van der Waals surface area contributed by atoms with Crippen molar-refractivity contribution in [2.24, 2.45) is 5.92 Å². The van der Waals surface area contributed by atoms with Crippen molar-refractivity contribution in [2.75, 3.05) is 32.2 Å². The summed E-state index contributed by atoms with van der Waals surface area (Å²) in [5.74, 6) is 1.61. The molecule has 7 heteroatoms. The predicted octanol–water partition coefficient (Wildman–Crippen LogP) is 4.11. The first-order valence-electron chi connectivity index (χ1n) is 9.66. The Morgan fingerprint density at radius 3 is 2.90 bits per heavy atom. The van der Waals surface area contributed by atoms with Gasteiger partial charge in [-0.25, -0.2) is 14.4 Å². The van der Waals surface area contributed by atoms with Crippen LogP contribution in [-0.2, 0) is 11.3 Å². The molecule has 1 aromatic heterocycles. The van der Waals surface area contributed by atoms with Crippen molar-refractivity contribution in [1.29, 1.82) is 0 Å². The summed E-state index contributed by atoms with van der Waals surface area (Å²) in [6.07, 6.45) is 2.45. The van der Waals surface area contributed by atoms with E-state index in [1.807, 2.05) is 19.1 Å². The molecule has 0 radical (unpaired) electrons. The van der Waals surface area contributed by atoms with Crippen molar-refractivity contribution >= 4 is 16.7 Å². The average molecular weight is 397 g/mol.